The molecule has 4 rings (SSSR count). The fraction of sp³-hybridized carbons (Fsp3) is 0.320. The highest BCUT2D eigenvalue weighted by Gasteiger charge is 2.45. The SMILES string of the molecule is Cc1ccc(C2(Cn3cncn3)OCC(COc3ccc(C(=O)C=CN(C)C)cc3)O2)c(Cl)c1. The Labute approximate surface area is 203 Å². The molecule has 2 heterocycles. The highest BCUT2D eigenvalue weighted by atomic mass is 35.5. The lowest BCUT2D eigenvalue weighted by atomic mass is 10.0. The van der Waals surface area contributed by atoms with Gasteiger partial charge in [-0.25, -0.2) is 9.67 Å². The number of hydrogen-bond donors (Lipinski definition) is 0. The fourth-order valence-corrected chi connectivity index (χ4v) is 4.01. The number of rotatable bonds is 9. The van der Waals surface area contributed by atoms with Gasteiger partial charge in [-0.3, -0.25) is 4.79 Å². The number of carbonyl (C=O) groups excluding carboxylic acids is 1. The summed E-state index contributed by atoms with van der Waals surface area (Å²) < 4.78 is 20.1. The van der Waals surface area contributed by atoms with Gasteiger partial charge in [0.15, 0.2) is 5.78 Å². The molecular weight excluding hydrogens is 456 g/mol. The van der Waals surface area contributed by atoms with Crippen LogP contribution < -0.4 is 4.74 Å². The van der Waals surface area contributed by atoms with Gasteiger partial charge in [0.2, 0.25) is 5.79 Å². The Morgan fingerprint density at radius 2 is 2.09 bits per heavy atom. The second-order valence-electron chi connectivity index (χ2n) is 8.36. The standard InChI is InChI=1S/C25H27ClN4O4/c1-18-4-9-22(23(26)12-18)25(15-30-17-27-16-28-30)33-14-21(34-25)13-32-20-7-5-19(6-8-20)24(31)10-11-29(2)3/h4-12,16-17,21H,13-15H2,1-3H3. The zero-order valence-electron chi connectivity index (χ0n) is 19.3. The van der Waals surface area contributed by atoms with Gasteiger partial charge >= 0.3 is 0 Å². The van der Waals surface area contributed by atoms with Crippen molar-refractivity contribution >= 4 is 17.4 Å². The molecule has 9 heteroatoms. The van der Waals surface area contributed by atoms with Crippen molar-refractivity contribution in [1.29, 1.82) is 0 Å². The predicted molar refractivity (Wildman–Crippen MR) is 128 cm³/mol. The number of nitrogens with zero attached hydrogens (tertiary/aromatic N) is 4. The van der Waals surface area contributed by atoms with Crippen LogP contribution in [0.1, 0.15) is 21.5 Å². The summed E-state index contributed by atoms with van der Waals surface area (Å²) in [5.41, 5.74) is 2.36. The van der Waals surface area contributed by atoms with Gasteiger partial charge in [-0.2, -0.15) is 5.10 Å². The molecule has 34 heavy (non-hydrogen) atoms. The van der Waals surface area contributed by atoms with Gasteiger partial charge in [-0.1, -0.05) is 23.7 Å². The van der Waals surface area contributed by atoms with Crippen LogP contribution in [0.2, 0.25) is 5.02 Å². The number of carbonyl (C=O) groups is 1. The van der Waals surface area contributed by atoms with Crippen molar-refractivity contribution in [2.45, 2.75) is 25.4 Å². The van der Waals surface area contributed by atoms with Crippen molar-refractivity contribution in [2.24, 2.45) is 0 Å². The van der Waals surface area contributed by atoms with Gasteiger partial charge in [0.25, 0.3) is 0 Å². The number of benzene rings is 2. The van der Waals surface area contributed by atoms with E-state index in [9.17, 15) is 4.79 Å². The Bertz CT molecular complexity index is 1150. The molecule has 1 saturated heterocycles. The number of aryl methyl sites for hydroxylation is 1. The maximum atomic E-state index is 12.2. The Morgan fingerprint density at radius 1 is 1.29 bits per heavy atom. The summed E-state index contributed by atoms with van der Waals surface area (Å²) in [5, 5.41) is 4.76. The van der Waals surface area contributed by atoms with Crippen LogP contribution in [0.4, 0.5) is 0 Å². The average Bonchev–Trinajstić information content (AvgIpc) is 3.47. The molecule has 3 aromatic rings. The molecule has 1 aliphatic rings. The minimum Gasteiger partial charge on any atom is -0.491 e. The van der Waals surface area contributed by atoms with Crippen LogP contribution in [0, 0.1) is 6.92 Å². The number of hydrogen-bond acceptors (Lipinski definition) is 7. The van der Waals surface area contributed by atoms with Crippen molar-refractivity contribution in [2.75, 3.05) is 27.3 Å². The first-order valence-electron chi connectivity index (χ1n) is 10.9. The summed E-state index contributed by atoms with van der Waals surface area (Å²) in [6.45, 7) is 2.87. The Morgan fingerprint density at radius 3 is 2.76 bits per heavy atom. The van der Waals surface area contributed by atoms with Crippen molar-refractivity contribution < 1.29 is 19.0 Å². The smallest absolute Gasteiger partial charge is 0.217 e. The van der Waals surface area contributed by atoms with Crippen molar-refractivity contribution in [3.63, 3.8) is 0 Å². The second-order valence-corrected chi connectivity index (χ2v) is 8.77. The molecule has 2 unspecified atom stereocenters. The number of halogens is 1. The third kappa shape index (κ3) is 5.64. The van der Waals surface area contributed by atoms with E-state index in [4.69, 9.17) is 25.8 Å². The summed E-state index contributed by atoms with van der Waals surface area (Å²) >= 11 is 6.57. The zero-order chi connectivity index (χ0) is 24.1. The van der Waals surface area contributed by atoms with Crippen LogP contribution in [0.15, 0.2) is 67.4 Å². The molecule has 1 fully saturated rings. The fourth-order valence-electron chi connectivity index (χ4n) is 3.63. The van der Waals surface area contributed by atoms with Crippen molar-refractivity contribution in [3.05, 3.63) is 89.1 Å². The Balaban J connectivity index is 1.43. The molecule has 0 N–H and O–H groups in total. The predicted octanol–water partition coefficient (Wildman–Crippen LogP) is 3.85. The number of allylic oxidation sites excluding steroid dienone is 1. The summed E-state index contributed by atoms with van der Waals surface area (Å²) in [6.07, 6.45) is 5.99. The molecular formula is C25H27ClN4O4. The maximum absolute atomic E-state index is 12.2. The number of aromatic nitrogens is 3. The lowest BCUT2D eigenvalue weighted by Crippen LogP contribution is -2.35. The topological polar surface area (TPSA) is 78.7 Å². The molecule has 0 bridgehead atoms. The lowest BCUT2D eigenvalue weighted by Gasteiger charge is -2.29. The van der Waals surface area contributed by atoms with E-state index in [0.717, 1.165) is 11.1 Å². The van der Waals surface area contributed by atoms with Crippen LogP contribution in [-0.2, 0) is 21.8 Å². The maximum Gasteiger partial charge on any atom is 0.217 e. The first-order chi connectivity index (χ1) is 16.3. The Kier molecular flexibility index (Phi) is 7.31. The van der Waals surface area contributed by atoms with E-state index in [-0.39, 0.29) is 18.5 Å². The van der Waals surface area contributed by atoms with E-state index < -0.39 is 5.79 Å². The monoisotopic (exact) mass is 482 g/mol. The zero-order valence-corrected chi connectivity index (χ0v) is 20.1. The highest BCUT2D eigenvalue weighted by molar-refractivity contribution is 6.31. The molecule has 8 nitrogen and oxygen atoms in total. The van der Waals surface area contributed by atoms with E-state index in [2.05, 4.69) is 10.1 Å². The van der Waals surface area contributed by atoms with Gasteiger partial charge in [-0.15, -0.1) is 0 Å². The van der Waals surface area contributed by atoms with Gasteiger partial charge in [0, 0.05) is 42.5 Å². The number of ether oxygens (including phenoxy) is 3. The second kappa shape index (κ2) is 10.4. The van der Waals surface area contributed by atoms with E-state index in [1.54, 1.807) is 41.5 Å². The Hall–Kier alpha value is -3.20. The first-order valence-corrected chi connectivity index (χ1v) is 11.2. The minimum atomic E-state index is -1.11. The molecule has 0 amide bonds. The first kappa shape index (κ1) is 23.9. The van der Waals surface area contributed by atoms with Crippen LogP contribution in [0.3, 0.4) is 0 Å². The molecule has 1 aliphatic heterocycles. The number of ketones is 1. The lowest BCUT2D eigenvalue weighted by molar-refractivity contribution is -0.190. The summed E-state index contributed by atoms with van der Waals surface area (Å²) in [6, 6.07) is 12.8. The quantitative estimate of drug-likeness (QED) is 0.338. The molecule has 178 valence electrons. The van der Waals surface area contributed by atoms with E-state index in [1.807, 2.05) is 44.1 Å². The average molecular weight is 483 g/mol. The summed E-state index contributed by atoms with van der Waals surface area (Å²) in [4.78, 5) is 18.0. The van der Waals surface area contributed by atoms with Crippen LogP contribution in [0.25, 0.3) is 0 Å². The molecule has 2 aromatic carbocycles. The third-order valence-electron chi connectivity index (χ3n) is 5.33. The van der Waals surface area contributed by atoms with Crippen LogP contribution in [-0.4, -0.2) is 58.9 Å². The van der Waals surface area contributed by atoms with Gasteiger partial charge < -0.3 is 19.1 Å². The molecule has 0 aliphatic carbocycles. The molecule has 1 aromatic heterocycles. The van der Waals surface area contributed by atoms with E-state index in [1.165, 1.54) is 12.4 Å². The van der Waals surface area contributed by atoms with Crippen molar-refractivity contribution in [1.82, 2.24) is 19.7 Å². The largest absolute Gasteiger partial charge is 0.491 e. The summed E-state index contributed by atoms with van der Waals surface area (Å²) in [5.74, 6) is -0.541. The van der Waals surface area contributed by atoms with E-state index in [0.29, 0.717) is 29.5 Å². The van der Waals surface area contributed by atoms with Crippen molar-refractivity contribution in [3.8, 4) is 5.75 Å². The molecule has 0 spiro atoms. The molecule has 0 saturated carbocycles. The van der Waals surface area contributed by atoms with Gasteiger partial charge in [0.1, 0.15) is 37.7 Å². The van der Waals surface area contributed by atoms with Gasteiger partial charge in [-0.05, 0) is 42.8 Å². The molecule has 2 atom stereocenters. The van der Waals surface area contributed by atoms with E-state index >= 15 is 0 Å². The van der Waals surface area contributed by atoms with Crippen LogP contribution in [0.5, 0.6) is 5.75 Å². The van der Waals surface area contributed by atoms with Crippen LogP contribution >= 0.6 is 11.6 Å². The highest BCUT2D eigenvalue weighted by Crippen LogP contribution is 2.40. The minimum absolute atomic E-state index is 0.0688. The molecule has 0 radical (unpaired) electrons. The third-order valence-corrected chi connectivity index (χ3v) is 5.64. The normalized spacial score (nSPS) is 20.1. The summed E-state index contributed by atoms with van der Waals surface area (Å²) in [7, 11) is 3.73. The van der Waals surface area contributed by atoms with Gasteiger partial charge in [0.05, 0.1) is 6.61 Å².